The molecule has 0 aromatic heterocycles. The first-order valence-corrected chi connectivity index (χ1v) is 9.29. The van der Waals surface area contributed by atoms with Crippen molar-refractivity contribution < 1.29 is 19.4 Å². The van der Waals surface area contributed by atoms with Gasteiger partial charge in [0.2, 0.25) is 0 Å². The minimum Gasteiger partial charge on any atom is -0.491 e. The molecule has 2 atom stereocenters. The summed E-state index contributed by atoms with van der Waals surface area (Å²) in [7, 11) is 0. The van der Waals surface area contributed by atoms with Crippen molar-refractivity contribution in [2.45, 2.75) is 39.8 Å². The normalized spacial score (nSPS) is 19.3. The van der Waals surface area contributed by atoms with Crippen LogP contribution in [0.25, 0.3) is 0 Å². The van der Waals surface area contributed by atoms with Gasteiger partial charge in [0.05, 0.1) is 6.61 Å². The molecule has 6 nitrogen and oxygen atoms in total. The third-order valence-electron chi connectivity index (χ3n) is 4.60. The third-order valence-corrected chi connectivity index (χ3v) is 4.83. The quantitative estimate of drug-likeness (QED) is 0.754. The summed E-state index contributed by atoms with van der Waals surface area (Å²) in [6.07, 6.45) is -0.0184. The molecule has 3 N–H and O–H groups in total. The van der Waals surface area contributed by atoms with Crippen molar-refractivity contribution in [1.82, 2.24) is 4.90 Å². The van der Waals surface area contributed by atoms with E-state index in [0.717, 1.165) is 30.8 Å². The molecule has 1 saturated heterocycles. The van der Waals surface area contributed by atoms with Gasteiger partial charge in [0.15, 0.2) is 0 Å². The van der Waals surface area contributed by atoms with Gasteiger partial charge in [-0.2, -0.15) is 0 Å². The summed E-state index contributed by atoms with van der Waals surface area (Å²) in [6, 6.07) is 5.50. The second-order valence-electron chi connectivity index (χ2n) is 7.83. The maximum atomic E-state index is 11.3. The van der Waals surface area contributed by atoms with Crippen molar-refractivity contribution in [3.05, 3.63) is 28.8 Å². The molecular formula is C19H29ClN2O4. The van der Waals surface area contributed by atoms with Gasteiger partial charge in [-0.3, -0.25) is 4.90 Å². The second kappa shape index (κ2) is 8.93. The van der Waals surface area contributed by atoms with Gasteiger partial charge in [0.25, 0.3) is 0 Å². The Hall–Kier alpha value is -1.50. The number of primary amides is 1. The molecule has 2 rings (SSSR count). The fourth-order valence-electron chi connectivity index (χ4n) is 3.57. The molecule has 1 fully saturated rings. The highest BCUT2D eigenvalue weighted by atomic mass is 35.5. The van der Waals surface area contributed by atoms with Crippen molar-refractivity contribution in [2.24, 2.45) is 17.1 Å². The third kappa shape index (κ3) is 5.76. The Morgan fingerprint density at radius 3 is 2.81 bits per heavy atom. The zero-order valence-corrected chi connectivity index (χ0v) is 16.5. The number of amides is 1. The van der Waals surface area contributed by atoms with Crippen molar-refractivity contribution in [2.75, 3.05) is 26.3 Å². The van der Waals surface area contributed by atoms with Crippen LogP contribution in [0.3, 0.4) is 0 Å². The average Bonchev–Trinajstić information content (AvgIpc) is 2.98. The van der Waals surface area contributed by atoms with Crippen LogP contribution in [0.15, 0.2) is 18.2 Å². The topological polar surface area (TPSA) is 85.0 Å². The number of nitrogens with two attached hydrogens (primary N) is 1. The fraction of sp³-hybridized carbons (Fsp3) is 0.632. The molecule has 1 aliphatic heterocycles. The molecule has 1 aromatic carbocycles. The largest absolute Gasteiger partial charge is 0.491 e. The number of hydrogen-bond acceptors (Lipinski definition) is 5. The fourth-order valence-corrected chi connectivity index (χ4v) is 3.76. The summed E-state index contributed by atoms with van der Waals surface area (Å²) < 4.78 is 11.0. The van der Waals surface area contributed by atoms with Gasteiger partial charge >= 0.3 is 6.09 Å². The van der Waals surface area contributed by atoms with E-state index in [2.05, 4.69) is 25.7 Å². The first kappa shape index (κ1) is 20.8. The van der Waals surface area contributed by atoms with Crippen molar-refractivity contribution in [3.8, 4) is 5.75 Å². The van der Waals surface area contributed by atoms with E-state index < -0.39 is 6.09 Å². The molecule has 1 aromatic rings. The summed E-state index contributed by atoms with van der Waals surface area (Å²) in [5.74, 6) is 0.955. The molecule has 26 heavy (non-hydrogen) atoms. The lowest BCUT2D eigenvalue weighted by molar-refractivity contribution is -0.00112. The SMILES string of the molecule is CC(C)(C)[C@H](OC(N)=O)C1CCN(Cc2cc(Cl)ccc2OCCO)C1. The van der Waals surface area contributed by atoms with E-state index in [-0.39, 0.29) is 30.7 Å². The number of hydrogen-bond donors (Lipinski definition) is 2. The van der Waals surface area contributed by atoms with Gasteiger partial charge < -0.3 is 20.3 Å². The molecule has 0 aliphatic carbocycles. The van der Waals surface area contributed by atoms with Crippen LogP contribution in [0.4, 0.5) is 4.79 Å². The second-order valence-corrected chi connectivity index (χ2v) is 8.27. The maximum Gasteiger partial charge on any atom is 0.404 e. The van der Waals surface area contributed by atoms with Gasteiger partial charge in [0, 0.05) is 29.6 Å². The number of carbonyl (C=O) groups excluding carboxylic acids is 1. The summed E-state index contributed by atoms with van der Waals surface area (Å²) in [5.41, 5.74) is 6.07. The van der Waals surface area contributed by atoms with Crippen molar-refractivity contribution in [3.63, 3.8) is 0 Å². The zero-order chi connectivity index (χ0) is 19.3. The van der Waals surface area contributed by atoms with E-state index in [1.54, 1.807) is 6.07 Å². The van der Waals surface area contributed by atoms with Crippen LogP contribution < -0.4 is 10.5 Å². The molecular weight excluding hydrogens is 356 g/mol. The first-order valence-electron chi connectivity index (χ1n) is 8.91. The average molecular weight is 385 g/mol. The molecule has 0 spiro atoms. The lowest BCUT2D eigenvalue weighted by Crippen LogP contribution is -2.40. The summed E-state index contributed by atoms with van der Waals surface area (Å²) in [4.78, 5) is 13.6. The van der Waals surface area contributed by atoms with Crippen LogP contribution in [0.1, 0.15) is 32.8 Å². The Morgan fingerprint density at radius 1 is 1.46 bits per heavy atom. The molecule has 0 saturated carbocycles. The number of carbonyl (C=O) groups is 1. The van der Waals surface area contributed by atoms with Crippen LogP contribution >= 0.6 is 11.6 Å². The van der Waals surface area contributed by atoms with Crippen LogP contribution in [0.5, 0.6) is 5.75 Å². The summed E-state index contributed by atoms with van der Waals surface area (Å²) in [6.45, 7) is 8.77. The Labute approximate surface area is 160 Å². The number of likely N-dealkylation sites (tertiary alicyclic amines) is 1. The number of nitrogens with zero attached hydrogens (tertiary/aromatic N) is 1. The Balaban J connectivity index is 2.07. The minimum absolute atomic E-state index is 0.0361. The molecule has 1 unspecified atom stereocenters. The van der Waals surface area contributed by atoms with Crippen LogP contribution in [0.2, 0.25) is 5.02 Å². The van der Waals surface area contributed by atoms with E-state index in [1.807, 2.05) is 12.1 Å². The van der Waals surface area contributed by atoms with Gasteiger partial charge in [-0.25, -0.2) is 4.79 Å². The van der Waals surface area contributed by atoms with Crippen LogP contribution in [-0.4, -0.2) is 48.5 Å². The monoisotopic (exact) mass is 384 g/mol. The van der Waals surface area contributed by atoms with Crippen LogP contribution in [-0.2, 0) is 11.3 Å². The molecule has 0 bridgehead atoms. The van der Waals surface area contributed by atoms with E-state index in [1.165, 1.54) is 0 Å². The highest BCUT2D eigenvalue weighted by molar-refractivity contribution is 6.30. The first-order chi connectivity index (χ1) is 12.2. The number of rotatable bonds is 7. The van der Waals surface area contributed by atoms with Gasteiger partial charge in [-0.05, 0) is 36.6 Å². The smallest absolute Gasteiger partial charge is 0.404 e. The zero-order valence-electron chi connectivity index (χ0n) is 15.7. The van der Waals surface area contributed by atoms with Gasteiger partial charge in [-0.15, -0.1) is 0 Å². The number of aliphatic hydroxyl groups is 1. The molecule has 1 amide bonds. The van der Waals surface area contributed by atoms with Gasteiger partial charge in [0.1, 0.15) is 18.5 Å². The van der Waals surface area contributed by atoms with Crippen LogP contribution in [0, 0.1) is 11.3 Å². The number of benzene rings is 1. The van der Waals surface area contributed by atoms with E-state index in [4.69, 9.17) is 31.9 Å². The lowest BCUT2D eigenvalue weighted by Gasteiger charge is -2.34. The Morgan fingerprint density at radius 2 is 2.19 bits per heavy atom. The predicted octanol–water partition coefficient (Wildman–Crippen LogP) is 3.04. The molecule has 146 valence electrons. The molecule has 7 heteroatoms. The number of halogens is 1. The summed E-state index contributed by atoms with van der Waals surface area (Å²) >= 11 is 6.14. The van der Waals surface area contributed by atoms with E-state index >= 15 is 0 Å². The van der Waals surface area contributed by atoms with Crippen molar-refractivity contribution >= 4 is 17.7 Å². The number of aliphatic hydroxyl groups excluding tert-OH is 1. The van der Waals surface area contributed by atoms with Gasteiger partial charge in [-0.1, -0.05) is 32.4 Å². The maximum absolute atomic E-state index is 11.3. The lowest BCUT2D eigenvalue weighted by atomic mass is 9.80. The minimum atomic E-state index is -0.724. The van der Waals surface area contributed by atoms with Crippen molar-refractivity contribution in [1.29, 1.82) is 0 Å². The Kier molecular flexibility index (Phi) is 7.15. The number of ether oxygens (including phenoxy) is 2. The molecule has 1 heterocycles. The highest BCUT2D eigenvalue weighted by Crippen LogP contribution is 2.35. The Bertz CT molecular complexity index is 618. The van der Waals surface area contributed by atoms with E-state index in [9.17, 15) is 4.79 Å². The summed E-state index contributed by atoms with van der Waals surface area (Å²) in [5, 5.41) is 9.64. The highest BCUT2D eigenvalue weighted by Gasteiger charge is 2.39. The standard InChI is InChI=1S/C19H29ClN2O4/c1-19(2,3)17(26-18(21)24)13-6-7-22(11-13)12-14-10-15(20)4-5-16(14)25-9-8-23/h4-5,10,13,17,23H,6-9,11-12H2,1-3H3,(H2,21,24)/t13?,17-/m1/s1. The molecule has 1 aliphatic rings. The molecule has 0 radical (unpaired) electrons. The predicted molar refractivity (Wildman–Crippen MR) is 101 cm³/mol. The van der Waals surface area contributed by atoms with E-state index in [0.29, 0.717) is 11.6 Å².